The van der Waals surface area contributed by atoms with E-state index in [0.717, 1.165) is 10.6 Å². The third-order valence-electron chi connectivity index (χ3n) is 1.95. The zero-order valence-corrected chi connectivity index (χ0v) is 10.3. The van der Waals surface area contributed by atoms with E-state index >= 15 is 0 Å². The van der Waals surface area contributed by atoms with E-state index in [0.29, 0.717) is 6.54 Å². The van der Waals surface area contributed by atoms with E-state index in [-0.39, 0.29) is 0 Å². The minimum absolute atomic E-state index is 0.522. The van der Waals surface area contributed by atoms with Crippen LogP contribution in [0.1, 0.15) is 5.56 Å². The molecule has 0 amide bonds. The number of hydrogen-bond donors (Lipinski definition) is 1. The number of halogens is 1. The van der Waals surface area contributed by atoms with Gasteiger partial charge in [0.25, 0.3) is 0 Å². The molecule has 0 saturated carbocycles. The predicted octanol–water partition coefficient (Wildman–Crippen LogP) is 4.01. The van der Waals surface area contributed by atoms with Crippen molar-refractivity contribution in [1.82, 2.24) is 0 Å². The van der Waals surface area contributed by atoms with Gasteiger partial charge >= 0.3 is 0 Å². The van der Waals surface area contributed by atoms with Crippen molar-refractivity contribution >= 4 is 34.7 Å². The first kappa shape index (κ1) is 11.0. The van der Waals surface area contributed by atoms with Crippen molar-refractivity contribution in [3.8, 4) is 0 Å². The molecule has 0 aliphatic rings. The molecule has 0 unspecified atom stereocenters. The van der Waals surface area contributed by atoms with Crippen LogP contribution in [0.4, 0.5) is 0 Å². The summed E-state index contributed by atoms with van der Waals surface area (Å²) in [5.74, 6) is 0. The van der Waals surface area contributed by atoms with E-state index in [1.54, 1.807) is 23.1 Å². The third-order valence-corrected chi connectivity index (χ3v) is 4.34. The first-order valence-electron chi connectivity index (χ1n) is 4.49. The fraction of sp³-hybridized carbons (Fsp3) is 0.0909. The summed E-state index contributed by atoms with van der Waals surface area (Å²) in [5.41, 5.74) is 6.78. The highest BCUT2D eigenvalue weighted by Crippen LogP contribution is 2.34. The van der Waals surface area contributed by atoms with Crippen LogP contribution in [-0.2, 0) is 6.54 Å². The highest BCUT2D eigenvalue weighted by Gasteiger charge is 2.04. The lowest BCUT2D eigenvalue weighted by atomic mass is 10.2. The number of rotatable bonds is 3. The van der Waals surface area contributed by atoms with Crippen molar-refractivity contribution in [2.75, 3.05) is 0 Å². The lowest BCUT2D eigenvalue weighted by Crippen LogP contribution is -1.97. The van der Waals surface area contributed by atoms with Gasteiger partial charge in [-0.25, -0.2) is 0 Å². The highest BCUT2D eigenvalue weighted by atomic mass is 35.5. The summed E-state index contributed by atoms with van der Waals surface area (Å²) in [6, 6.07) is 10.00. The first-order valence-corrected chi connectivity index (χ1v) is 6.57. The van der Waals surface area contributed by atoms with Crippen molar-refractivity contribution in [2.45, 2.75) is 15.6 Å². The zero-order valence-electron chi connectivity index (χ0n) is 7.94. The zero-order chi connectivity index (χ0) is 10.7. The van der Waals surface area contributed by atoms with Crippen LogP contribution in [0.15, 0.2) is 44.8 Å². The van der Waals surface area contributed by atoms with Crippen LogP contribution in [0.3, 0.4) is 0 Å². The molecular formula is C11H10ClNS2. The van der Waals surface area contributed by atoms with Gasteiger partial charge in [0.1, 0.15) is 0 Å². The van der Waals surface area contributed by atoms with Crippen LogP contribution >= 0.6 is 34.7 Å². The monoisotopic (exact) mass is 255 g/mol. The molecule has 2 aromatic rings. The van der Waals surface area contributed by atoms with Crippen LogP contribution in [-0.4, -0.2) is 0 Å². The van der Waals surface area contributed by atoms with Gasteiger partial charge in [0.2, 0.25) is 0 Å². The largest absolute Gasteiger partial charge is 0.326 e. The van der Waals surface area contributed by atoms with Crippen molar-refractivity contribution in [1.29, 1.82) is 0 Å². The Hall–Kier alpha value is -0.480. The maximum Gasteiger partial charge on any atom is 0.0646 e. The third kappa shape index (κ3) is 2.75. The number of nitrogens with two attached hydrogens (primary N) is 1. The number of benzene rings is 1. The Morgan fingerprint density at radius 2 is 2.20 bits per heavy atom. The second-order valence-electron chi connectivity index (χ2n) is 2.99. The van der Waals surface area contributed by atoms with E-state index < -0.39 is 0 Å². The van der Waals surface area contributed by atoms with E-state index in [2.05, 4.69) is 11.4 Å². The Balaban J connectivity index is 2.28. The van der Waals surface area contributed by atoms with E-state index in [1.165, 1.54) is 9.10 Å². The molecule has 2 N–H and O–H groups in total. The van der Waals surface area contributed by atoms with Gasteiger partial charge in [-0.2, -0.15) is 0 Å². The molecule has 0 fully saturated rings. The quantitative estimate of drug-likeness (QED) is 0.897. The molecule has 15 heavy (non-hydrogen) atoms. The Morgan fingerprint density at radius 3 is 2.87 bits per heavy atom. The fourth-order valence-corrected chi connectivity index (χ4v) is 3.28. The lowest BCUT2D eigenvalue weighted by molar-refractivity contribution is 1.03. The SMILES string of the molecule is NCc1cc(Cl)ccc1Sc1cccs1. The van der Waals surface area contributed by atoms with Crippen molar-refractivity contribution in [2.24, 2.45) is 5.73 Å². The first-order chi connectivity index (χ1) is 7.29. The Morgan fingerprint density at radius 1 is 1.33 bits per heavy atom. The molecule has 1 aromatic carbocycles. The van der Waals surface area contributed by atoms with Gasteiger partial charge in [-0.15, -0.1) is 11.3 Å². The van der Waals surface area contributed by atoms with Crippen molar-refractivity contribution in [3.63, 3.8) is 0 Å². The maximum atomic E-state index is 5.92. The molecule has 2 rings (SSSR count). The smallest absolute Gasteiger partial charge is 0.0646 e. The average molecular weight is 256 g/mol. The normalized spacial score (nSPS) is 10.5. The van der Waals surface area contributed by atoms with Gasteiger partial charge in [0.15, 0.2) is 0 Å². The van der Waals surface area contributed by atoms with Gasteiger partial charge in [0.05, 0.1) is 4.21 Å². The second kappa shape index (κ2) is 5.03. The summed E-state index contributed by atoms with van der Waals surface area (Å²) in [6.07, 6.45) is 0. The van der Waals surface area contributed by atoms with E-state index in [9.17, 15) is 0 Å². The molecule has 4 heteroatoms. The number of hydrogen-bond acceptors (Lipinski definition) is 3. The van der Waals surface area contributed by atoms with E-state index in [4.69, 9.17) is 17.3 Å². The summed E-state index contributed by atoms with van der Waals surface area (Å²) >= 11 is 9.38. The molecule has 0 aliphatic heterocycles. The van der Waals surface area contributed by atoms with Crippen molar-refractivity contribution in [3.05, 3.63) is 46.3 Å². The molecule has 1 heterocycles. The Bertz CT molecular complexity index is 440. The maximum absolute atomic E-state index is 5.92. The average Bonchev–Trinajstić information content (AvgIpc) is 2.73. The molecule has 0 aliphatic carbocycles. The minimum Gasteiger partial charge on any atom is -0.326 e. The number of thiophene rings is 1. The summed E-state index contributed by atoms with van der Waals surface area (Å²) in [6.45, 7) is 0.522. The van der Waals surface area contributed by atoms with Crippen LogP contribution in [0, 0.1) is 0 Å². The molecule has 1 aromatic heterocycles. The van der Waals surface area contributed by atoms with Gasteiger partial charge in [-0.05, 0) is 35.2 Å². The summed E-state index contributed by atoms with van der Waals surface area (Å²) in [4.78, 5) is 1.18. The molecule has 0 bridgehead atoms. The van der Waals surface area contributed by atoms with Crippen molar-refractivity contribution < 1.29 is 0 Å². The summed E-state index contributed by atoms with van der Waals surface area (Å²) in [5, 5.41) is 2.81. The van der Waals surface area contributed by atoms with Crippen LogP contribution < -0.4 is 5.73 Å². The Labute approximate surface area is 102 Å². The minimum atomic E-state index is 0.522. The van der Waals surface area contributed by atoms with Gasteiger partial charge in [-0.3, -0.25) is 0 Å². The van der Waals surface area contributed by atoms with Gasteiger partial charge in [0, 0.05) is 16.5 Å². The predicted molar refractivity (Wildman–Crippen MR) is 67.8 cm³/mol. The topological polar surface area (TPSA) is 26.0 Å². The summed E-state index contributed by atoms with van der Waals surface area (Å²) in [7, 11) is 0. The standard InChI is InChI=1S/C11H10ClNS2/c12-9-3-4-10(8(6-9)7-13)15-11-2-1-5-14-11/h1-6H,7,13H2. The van der Waals surface area contributed by atoms with E-state index in [1.807, 2.05) is 24.3 Å². The molecule has 0 atom stereocenters. The Kier molecular flexibility index (Phi) is 3.70. The molecule has 0 saturated heterocycles. The molecule has 78 valence electrons. The lowest BCUT2D eigenvalue weighted by Gasteiger charge is -2.06. The van der Waals surface area contributed by atoms with Crippen LogP contribution in [0.2, 0.25) is 5.02 Å². The van der Waals surface area contributed by atoms with Crippen LogP contribution in [0.25, 0.3) is 0 Å². The van der Waals surface area contributed by atoms with Gasteiger partial charge < -0.3 is 5.73 Å². The van der Waals surface area contributed by atoms with Gasteiger partial charge in [-0.1, -0.05) is 29.4 Å². The second-order valence-corrected chi connectivity index (χ2v) is 5.72. The fourth-order valence-electron chi connectivity index (χ4n) is 1.24. The molecular weight excluding hydrogens is 246 g/mol. The molecule has 0 radical (unpaired) electrons. The summed E-state index contributed by atoms with van der Waals surface area (Å²) < 4.78 is 1.27. The van der Waals surface area contributed by atoms with Crippen LogP contribution in [0.5, 0.6) is 0 Å². The molecule has 1 nitrogen and oxygen atoms in total. The molecule has 0 spiro atoms. The highest BCUT2D eigenvalue weighted by molar-refractivity contribution is 8.01.